The third-order valence-electron chi connectivity index (χ3n) is 2.34. The summed E-state index contributed by atoms with van der Waals surface area (Å²) >= 11 is 3.22. The second kappa shape index (κ2) is 4.20. The first kappa shape index (κ1) is 10.4. The maximum atomic E-state index is 11.5. The minimum absolute atomic E-state index is 0.0289. The van der Waals surface area contributed by atoms with Crippen molar-refractivity contribution in [3.05, 3.63) is 28.2 Å². The molecule has 3 N–H and O–H groups in total. The average Bonchev–Trinajstić information content (AvgIpc) is 2.23. The van der Waals surface area contributed by atoms with Crippen molar-refractivity contribution in [3.63, 3.8) is 0 Å². The molecular weight excluding hydrogens is 260 g/mol. The number of piperazine rings is 1. The number of phenols is 1. The minimum Gasteiger partial charge on any atom is -0.507 e. The quantitative estimate of drug-likeness (QED) is 0.711. The Balaban J connectivity index is 2.28. The highest BCUT2D eigenvalue weighted by atomic mass is 79.9. The van der Waals surface area contributed by atoms with Crippen LogP contribution in [0.15, 0.2) is 22.7 Å². The zero-order chi connectivity index (χ0) is 10.8. The molecule has 1 aromatic carbocycles. The Labute approximate surface area is 95.8 Å². The van der Waals surface area contributed by atoms with Gasteiger partial charge in [-0.15, -0.1) is 0 Å². The topological polar surface area (TPSA) is 61.4 Å². The maximum absolute atomic E-state index is 11.5. The molecule has 0 spiro atoms. The van der Waals surface area contributed by atoms with Gasteiger partial charge in [-0.2, -0.15) is 0 Å². The lowest BCUT2D eigenvalue weighted by atomic mass is 10.0. The number of hydrogen-bond acceptors (Lipinski definition) is 3. The molecule has 0 aromatic heterocycles. The molecule has 2 rings (SSSR count). The van der Waals surface area contributed by atoms with Crippen LogP contribution in [-0.2, 0) is 4.79 Å². The highest BCUT2D eigenvalue weighted by Gasteiger charge is 2.23. The Morgan fingerprint density at radius 2 is 2.20 bits per heavy atom. The summed E-state index contributed by atoms with van der Waals surface area (Å²) in [4.78, 5) is 11.5. The summed E-state index contributed by atoms with van der Waals surface area (Å²) < 4.78 is 0.597. The Hall–Kier alpha value is -1.07. The van der Waals surface area contributed by atoms with E-state index in [0.717, 1.165) is 12.1 Å². The molecular formula is C10H11BrN2O2. The number of halogens is 1. The van der Waals surface area contributed by atoms with Crippen LogP contribution >= 0.6 is 15.9 Å². The molecule has 0 bridgehead atoms. The normalized spacial score (nSPS) is 21.1. The summed E-state index contributed by atoms with van der Waals surface area (Å²) in [5, 5.41) is 15.2. The van der Waals surface area contributed by atoms with E-state index < -0.39 is 0 Å². The van der Waals surface area contributed by atoms with Gasteiger partial charge >= 0.3 is 0 Å². The van der Waals surface area contributed by atoms with Gasteiger partial charge < -0.3 is 15.7 Å². The minimum atomic E-state index is -0.323. The number of carbonyl (C=O) groups excluding carboxylic acids is 1. The van der Waals surface area contributed by atoms with Crippen LogP contribution in [-0.4, -0.2) is 24.1 Å². The highest BCUT2D eigenvalue weighted by Crippen LogP contribution is 2.27. The number of rotatable bonds is 1. The molecule has 1 aromatic rings. The molecule has 1 aliphatic rings. The second-order valence-electron chi connectivity index (χ2n) is 3.39. The first-order chi connectivity index (χ1) is 7.18. The van der Waals surface area contributed by atoms with Crippen LogP contribution in [0.25, 0.3) is 0 Å². The standard InChI is InChI=1S/C10H11BrN2O2/c11-7-5-6(1-2-8(7)14)9-10(15)13-4-3-12-9/h1-2,5,9,12,14H,3-4H2,(H,13,15). The average molecular weight is 271 g/mol. The molecule has 0 radical (unpaired) electrons. The van der Waals surface area contributed by atoms with Crippen molar-refractivity contribution in [2.45, 2.75) is 6.04 Å². The summed E-state index contributed by atoms with van der Waals surface area (Å²) in [6.45, 7) is 1.42. The molecule has 4 nitrogen and oxygen atoms in total. The first-order valence-corrected chi connectivity index (χ1v) is 5.47. The zero-order valence-electron chi connectivity index (χ0n) is 7.96. The highest BCUT2D eigenvalue weighted by molar-refractivity contribution is 9.10. The van der Waals surface area contributed by atoms with Crippen LogP contribution in [0, 0.1) is 0 Å². The Kier molecular flexibility index (Phi) is 2.93. The van der Waals surface area contributed by atoms with Gasteiger partial charge in [0.15, 0.2) is 0 Å². The lowest BCUT2D eigenvalue weighted by molar-refractivity contribution is -0.124. The smallest absolute Gasteiger partial charge is 0.241 e. The van der Waals surface area contributed by atoms with Crippen molar-refractivity contribution in [1.82, 2.24) is 10.6 Å². The van der Waals surface area contributed by atoms with E-state index in [2.05, 4.69) is 26.6 Å². The zero-order valence-corrected chi connectivity index (χ0v) is 9.54. The van der Waals surface area contributed by atoms with Crippen LogP contribution in [0.5, 0.6) is 5.75 Å². The van der Waals surface area contributed by atoms with Gasteiger partial charge in [0.05, 0.1) is 4.47 Å². The van der Waals surface area contributed by atoms with Gasteiger partial charge in [-0.25, -0.2) is 0 Å². The Bertz CT molecular complexity index is 395. The molecule has 1 aliphatic heterocycles. The summed E-state index contributed by atoms with van der Waals surface area (Å²) in [6, 6.07) is 4.74. The maximum Gasteiger partial charge on any atom is 0.241 e. The summed E-state index contributed by atoms with van der Waals surface area (Å²) in [5.74, 6) is 0.147. The molecule has 1 heterocycles. The number of benzene rings is 1. The van der Waals surface area contributed by atoms with E-state index in [0.29, 0.717) is 11.0 Å². The van der Waals surface area contributed by atoms with Gasteiger partial charge in [0.2, 0.25) is 5.91 Å². The third kappa shape index (κ3) is 2.13. The molecule has 0 saturated carbocycles. The number of nitrogens with one attached hydrogen (secondary N) is 2. The van der Waals surface area contributed by atoms with Crippen LogP contribution in [0.4, 0.5) is 0 Å². The van der Waals surface area contributed by atoms with E-state index >= 15 is 0 Å². The van der Waals surface area contributed by atoms with Gasteiger partial charge in [-0.05, 0) is 33.6 Å². The molecule has 80 valence electrons. The number of hydrogen-bond donors (Lipinski definition) is 3. The predicted octanol–water partition coefficient (Wildman–Crippen LogP) is 0.915. The van der Waals surface area contributed by atoms with Crippen molar-refractivity contribution in [1.29, 1.82) is 0 Å². The van der Waals surface area contributed by atoms with Crippen LogP contribution in [0.2, 0.25) is 0 Å². The molecule has 0 aliphatic carbocycles. The molecule has 1 amide bonds. The van der Waals surface area contributed by atoms with Gasteiger partial charge in [0, 0.05) is 13.1 Å². The van der Waals surface area contributed by atoms with Crippen LogP contribution in [0.1, 0.15) is 11.6 Å². The molecule has 1 atom stereocenters. The van der Waals surface area contributed by atoms with Crippen LogP contribution in [0.3, 0.4) is 0 Å². The number of aromatic hydroxyl groups is 1. The Morgan fingerprint density at radius 3 is 2.87 bits per heavy atom. The number of amides is 1. The van der Waals surface area contributed by atoms with E-state index in [-0.39, 0.29) is 17.7 Å². The van der Waals surface area contributed by atoms with Crippen molar-refractivity contribution in [2.24, 2.45) is 0 Å². The van der Waals surface area contributed by atoms with Crippen molar-refractivity contribution in [2.75, 3.05) is 13.1 Å². The third-order valence-corrected chi connectivity index (χ3v) is 2.98. The summed E-state index contributed by atoms with van der Waals surface area (Å²) in [6.07, 6.45) is 0. The van der Waals surface area contributed by atoms with Crippen molar-refractivity contribution in [3.8, 4) is 5.75 Å². The molecule has 1 fully saturated rings. The van der Waals surface area contributed by atoms with Crippen molar-refractivity contribution >= 4 is 21.8 Å². The van der Waals surface area contributed by atoms with Crippen molar-refractivity contribution < 1.29 is 9.90 Å². The first-order valence-electron chi connectivity index (χ1n) is 4.68. The van der Waals surface area contributed by atoms with E-state index in [9.17, 15) is 9.90 Å². The number of phenolic OH excluding ortho intramolecular Hbond substituents is 1. The molecule has 5 heteroatoms. The predicted molar refractivity (Wildman–Crippen MR) is 59.6 cm³/mol. The monoisotopic (exact) mass is 270 g/mol. The fourth-order valence-corrected chi connectivity index (χ4v) is 1.97. The van der Waals surface area contributed by atoms with Gasteiger partial charge in [-0.3, -0.25) is 4.79 Å². The van der Waals surface area contributed by atoms with Gasteiger partial charge in [-0.1, -0.05) is 6.07 Å². The Morgan fingerprint density at radius 1 is 1.40 bits per heavy atom. The molecule has 1 unspecified atom stereocenters. The van der Waals surface area contributed by atoms with Crippen LogP contribution < -0.4 is 10.6 Å². The van der Waals surface area contributed by atoms with E-state index in [1.54, 1.807) is 18.2 Å². The summed E-state index contributed by atoms with van der Waals surface area (Å²) in [7, 11) is 0. The summed E-state index contributed by atoms with van der Waals surface area (Å²) in [5.41, 5.74) is 0.844. The lowest BCUT2D eigenvalue weighted by Gasteiger charge is -2.23. The number of carbonyl (C=O) groups is 1. The largest absolute Gasteiger partial charge is 0.507 e. The lowest BCUT2D eigenvalue weighted by Crippen LogP contribution is -2.47. The van der Waals surface area contributed by atoms with E-state index in [1.807, 2.05) is 0 Å². The fourth-order valence-electron chi connectivity index (χ4n) is 1.57. The SMILES string of the molecule is O=C1NCCNC1c1ccc(O)c(Br)c1. The van der Waals surface area contributed by atoms with Gasteiger partial charge in [0.1, 0.15) is 11.8 Å². The molecule has 15 heavy (non-hydrogen) atoms. The fraction of sp³-hybridized carbons (Fsp3) is 0.300. The van der Waals surface area contributed by atoms with E-state index in [4.69, 9.17) is 0 Å². The second-order valence-corrected chi connectivity index (χ2v) is 4.24. The van der Waals surface area contributed by atoms with E-state index in [1.165, 1.54) is 0 Å². The van der Waals surface area contributed by atoms with Gasteiger partial charge in [0.25, 0.3) is 0 Å². The molecule has 1 saturated heterocycles.